The number of rotatable bonds is 5. The molecule has 2 aromatic rings. The van der Waals surface area contributed by atoms with Gasteiger partial charge in [-0.3, -0.25) is 9.59 Å². The van der Waals surface area contributed by atoms with Gasteiger partial charge >= 0.3 is 0 Å². The Morgan fingerprint density at radius 2 is 1.81 bits per heavy atom. The highest BCUT2D eigenvalue weighted by Gasteiger charge is 2.30. The molecule has 1 aliphatic heterocycles. The molecular weight excluding hydrogens is 382 g/mol. The molecule has 1 aliphatic rings. The van der Waals surface area contributed by atoms with Gasteiger partial charge in [-0.05, 0) is 38.8 Å². The summed E-state index contributed by atoms with van der Waals surface area (Å²) in [6.45, 7) is 6.68. The molecule has 1 aromatic heterocycles. The number of hydrogen-bond acceptors (Lipinski definition) is 4. The van der Waals surface area contributed by atoms with Crippen LogP contribution in [0.3, 0.4) is 0 Å². The van der Waals surface area contributed by atoms with Gasteiger partial charge in [-0.25, -0.2) is 4.98 Å². The third kappa shape index (κ3) is 4.50. The predicted octanol–water partition coefficient (Wildman–Crippen LogP) is 4.18. The maximum absolute atomic E-state index is 12.8. The van der Waals surface area contributed by atoms with Crippen LogP contribution in [0, 0.1) is 5.92 Å². The lowest BCUT2D eigenvalue weighted by atomic mass is 9.95. The topological polar surface area (TPSA) is 53.5 Å². The van der Waals surface area contributed by atoms with E-state index in [0.717, 1.165) is 36.5 Å². The second-order valence-electron chi connectivity index (χ2n) is 6.62. The standard InChI is InChI=1S/C20H24ClN3O2S/c1-3-23(4-2)19(25)15-9-11-24(12-10-15)20(26)17-13-27-18(22-17)14-5-7-16(21)8-6-14/h5-8,13,15H,3-4,9-12H2,1-2H3. The third-order valence-corrected chi connectivity index (χ3v) is 6.16. The zero-order chi connectivity index (χ0) is 19.4. The monoisotopic (exact) mass is 405 g/mol. The minimum Gasteiger partial charge on any atom is -0.343 e. The zero-order valence-corrected chi connectivity index (χ0v) is 17.2. The number of carbonyl (C=O) groups excluding carboxylic acids is 2. The van der Waals surface area contributed by atoms with Crippen molar-refractivity contribution in [3.05, 3.63) is 40.4 Å². The fraction of sp³-hybridized carbons (Fsp3) is 0.450. The molecule has 27 heavy (non-hydrogen) atoms. The molecule has 5 nitrogen and oxygen atoms in total. The molecule has 2 heterocycles. The Morgan fingerprint density at radius 3 is 2.41 bits per heavy atom. The van der Waals surface area contributed by atoms with E-state index in [1.165, 1.54) is 11.3 Å². The first-order valence-electron chi connectivity index (χ1n) is 9.33. The molecule has 0 bridgehead atoms. The van der Waals surface area contributed by atoms with E-state index >= 15 is 0 Å². The summed E-state index contributed by atoms with van der Waals surface area (Å²) in [4.78, 5) is 33.5. The van der Waals surface area contributed by atoms with E-state index in [-0.39, 0.29) is 17.7 Å². The van der Waals surface area contributed by atoms with Gasteiger partial charge in [0.1, 0.15) is 10.7 Å². The third-order valence-electron chi connectivity index (χ3n) is 5.02. The van der Waals surface area contributed by atoms with Crippen LogP contribution in [0.25, 0.3) is 10.6 Å². The van der Waals surface area contributed by atoms with E-state index in [0.29, 0.717) is 23.8 Å². The molecule has 2 amide bonds. The SMILES string of the molecule is CCN(CC)C(=O)C1CCN(C(=O)c2csc(-c3ccc(Cl)cc3)n2)CC1. The van der Waals surface area contributed by atoms with Crippen molar-refractivity contribution < 1.29 is 9.59 Å². The van der Waals surface area contributed by atoms with E-state index in [4.69, 9.17) is 11.6 Å². The lowest BCUT2D eigenvalue weighted by molar-refractivity contribution is -0.136. The Kier molecular flexibility index (Phi) is 6.50. The maximum atomic E-state index is 12.8. The van der Waals surface area contributed by atoms with Crippen LogP contribution in [0.15, 0.2) is 29.6 Å². The van der Waals surface area contributed by atoms with Gasteiger partial charge < -0.3 is 9.80 Å². The summed E-state index contributed by atoms with van der Waals surface area (Å²) in [6, 6.07) is 7.44. The summed E-state index contributed by atoms with van der Waals surface area (Å²) in [7, 11) is 0. The maximum Gasteiger partial charge on any atom is 0.273 e. The van der Waals surface area contributed by atoms with Crippen LogP contribution < -0.4 is 0 Å². The highest BCUT2D eigenvalue weighted by molar-refractivity contribution is 7.13. The first-order valence-corrected chi connectivity index (χ1v) is 10.6. The summed E-state index contributed by atoms with van der Waals surface area (Å²) in [5.41, 5.74) is 1.42. The molecule has 1 aromatic carbocycles. The molecule has 0 unspecified atom stereocenters. The second-order valence-corrected chi connectivity index (χ2v) is 7.92. The van der Waals surface area contributed by atoms with Gasteiger partial charge in [-0.2, -0.15) is 0 Å². The number of halogens is 1. The zero-order valence-electron chi connectivity index (χ0n) is 15.7. The summed E-state index contributed by atoms with van der Waals surface area (Å²) in [6.07, 6.45) is 1.44. The molecule has 0 atom stereocenters. The highest BCUT2D eigenvalue weighted by atomic mass is 35.5. The number of nitrogens with zero attached hydrogens (tertiary/aromatic N) is 3. The van der Waals surface area contributed by atoms with E-state index in [9.17, 15) is 9.59 Å². The number of hydrogen-bond donors (Lipinski definition) is 0. The fourth-order valence-corrected chi connectivity index (χ4v) is 4.31. The van der Waals surface area contributed by atoms with Crippen molar-refractivity contribution in [1.82, 2.24) is 14.8 Å². The number of thiazole rings is 1. The van der Waals surface area contributed by atoms with Crippen molar-refractivity contribution in [2.75, 3.05) is 26.2 Å². The van der Waals surface area contributed by atoms with Gasteiger partial charge in [0.05, 0.1) is 0 Å². The molecule has 144 valence electrons. The minimum atomic E-state index is -0.0554. The number of likely N-dealkylation sites (tertiary alicyclic amines) is 1. The smallest absolute Gasteiger partial charge is 0.273 e. The number of benzene rings is 1. The molecule has 0 spiro atoms. The first kappa shape index (κ1) is 19.8. The molecule has 0 N–H and O–H groups in total. The van der Waals surface area contributed by atoms with Crippen LogP contribution in [-0.2, 0) is 4.79 Å². The normalized spacial score (nSPS) is 15.0. The van der Waals surface area contributed by atoms with Crippen LogP contribution in [-0.4, -0.2) is 52.8 Å². The lowest BCUT2D eigenvalue weighted by Crippen LogP contribution is -2.44. The summed E-state index contributed by atoms with van der Waals surface area (Å²) >= 11 is 7.38. The fourth-order valence-electron chi connectivity index (χ4n) is 3.38. The molecule has 3 rings (SSSR count). The Hall–Kier alpha value is -1.92. The molecule has 0 saturated carbocycles. The molecule has 0 aliphatic carbocycles. The Labute approximate surface area is 169 Å². The van der Waals surface area contributed by atoms with Crippen LogP contribution in [0.4, 0.5) is 0 Å². The number of amides is 2. The predicted molar refractivity (Wildman–Crippen MR) is 109 cm³/mol. The Balaban J connectivity index is 1.61. The van der Waals surface area contributed by atoms with Crippen LogP contribution in [0.1, 0.15) is 37.2 Å². The van der Waals surface area contributed by atoms with Gasteiger partial charge in [0.15, 0.2) is 0 Å². The number of piperidine rings is 1. The number of carbonyl (C=O) groups is 2. The van der Waals surface area contributed by atoms with Gasteiger partial charge in [0.25, 0.3) is 5.91 Å². The van der Waals surface area contributed by atoms with Gasteiger partial charge in [0, 0.05) is 48.1 Å². The second kappa shape index (κ2) is 8.85. The van der Waals surface area contributed by atoms with Crippen molar-refractivity contribution in [2.45, 2.75) is 26.7 Å². The van der Waals surface area contributed by atoms with E-state index in [1.54, 1.807) is 5.38 Å². The molecule has 7 heteroatoms. The summed E-state index contributed by atoms with van der Waals surface area (Å²) < 4.78 is 0. The minimum absolute atomic E-state index is 0.0222. The van der Waals surface area contributed by atoms with E-state index in [2.05, 4.69) is 4.98 Å². The average Bonchev–Trinajstić information content (AvgIpc) is 3.19. The highest BCUT2D eigenvalue weighted by Crippen LogP contribution is 2.27. The first-order chi connectivity index (χ1) is 13.0. The van der Waals surface area contributed by atoms with Crippen molar-refractivity contribution in [3.63, 3.8) is 0 Å². The lowest BCUT2D eigenvalue weighted by Gasteiger charge is -2.33. The van der Waals surface area contributed by atoms with Crippen LogP contribution in [0.2, 0.25) is 5.02 Å². The van der Waals surface area contributed by atoms with Crippen LogP contribution >= 0.6 is 22.9 Å². The van der Waals surface area contributed by atoms with Gasteiger partial charge in [0.2, 0.25) is 5.91 Å². The average molecular weight is 406 g/mol. The molecule has 1 fully saturated rings. The van der Waals surface area contributed by atoms with Crippen LogP contribution in [0.5, 0.6) is 0 Å². The number of aromatic nitrogens is 1. The summed E-state index contributed by atoms with van der Waals surface area (Å²) in [5.74, 6) is 0.181. The quantitative estimate of drug-likeness (QED) is 0.749. The van der Waals surface area contributed by atoms with Crippen molar-refractivity contribution in [2.24, 2.45) is 5.92 Å². The summed E-state index contributed by atoms with van der Waals surface area (Å²) in [5, 5.41) is 3.29. The van der Waals surface area contributed by atoms with E-state index < -0.39 is 0 Å². The van der Waals surface area contributed by atoms with E-state index in [1.807, 2.05) is 47.9 Å². The molecular formula is C20H24ClN3O2S. The van der Waals surface area contributed by atoms with Crippen molar-refractivity contribution in [3.8, 4) is 10.6 Å². The largest absolute Gasteiger partial charge is 0.343 e. The molecule has 0 radical (unpaired) electrons. The van der Waals surface area contributed by atoms with Crippen molar-refractivity contribution >= 4 is 34.8 Å². The molecule has 1 saturated heterocycles. The van der Waals surface area contributed by atoms with Gasteiger partial charge in [-0.1, -0.05) is 23.7 Å². The van der Waals surface area contributed by atoms with Gasteiger partial charge in [-0.15, -0.1) is 11.3 Å². The Morgan fingerprint density at radius 1 is 1.19 bits per heavy atom. The van der Waals surface area contributed by atoms with Crippen molar-refractivity contribution in [1.29, 1.82) is 0 Å². The Bertz CT molecular complexity index is 794.